The molecular formula is C36H40N6S. The highest BCUT2D eigenvalue weighted by molar-refractivity contribution is 7.80. The second-order valence-electron chi connectivity index (χ2n) is 13.0. The lowest BCUT2D eigenvalue weighted by Gasteiger charge is -2.27. The zero-order valence-corrected chi connectivity index (χ0v) is 26.6. The number of allylic oxidation sites excluding steroid dienone is 2. The van der Waals surface area contributed by atoms with Gasteiger partial charge in [0.15, 0.2) is 5.11 Å². The zero-order valence-electron chi connectivity index (χ0n) is 25.8. The van der Waals surface area contributed by atoms with Gasteiger partial charge in [0.2, 0.25) is 0 Å². The summed E-state index contributed by atoms with van der Waals surface area (Å²) in [5.74, 6) is 0. The molecule has 220 valence electrons. The fourth-order valence-corrected chi connectivity index (χ4v) is 6.13. The molecule has 2 aliphatic heterocycles. The number of aromatic amines is 3. The molecule has 0 spiro atoms. The second kappa shape index (κ2) is 10.4. The van der Waals surface area contributed by atoms with Gasteiger partial charge in [-0.3, -0.25) is 4.99 Å². The first kappa shape index (κ1) is 28.7. The Morgan fingerprint density at radius 3 is 1.86 bits per heavy atom. The van der Waals surface area contributed by atoms with E-state index >= 15 is 0 Å². The number of aliphatic imine (C=N–C) groups is 1. The lowest BCUT2D eigenvalue weighted by molar-refractivity contribution is 0.569. The number of fused-ring (bicyclic) bond motifs is 7. The summed E-state index contributed by atoms with van der Waals surface area (Å²) >= 11 is 5.41. The summed E-state index contributed by atoms with van der Waals surface area (Å²) in [7, 11) is 0. The first-order valence-corrected chi connectivity index (χ1v) is 15.2. The van der Waals surface area contributed by atoms with Crippen LogP contribution in [0.25, 0.3) is 5.57 Å². The van der Waals surface area contributed by atoms with Crippen molar-refractivity contribution in [1.29, 1.82) is 0 Å². The highest BCUT2D eigenvalue weighted by atomic mass is 32.1. The third-order valence-electron chi connectivity index (χ3n) is 9.07. The van der Waals surface area contributed by atoms with Crippen molar-refractivity contribution in [3.63, 3.8) is 0 Å². The van der Waals surface area contributed by atoms with E-state index in [1.54, 1.807) is 6.08 Å². The lowest BCUT2D eigenvalue weighted by atomic mass is 9.84. The first-order chi connectivity index (χ1) is 20.4. The highest BCUT2D eigenvalue weighted by Crippen LogP contribution is 2.40. The molecule has 5 N–H and O–H groups in total. The van der Waals surface area contributed by atoms with Gasteiger partial charge < -0.3 is 25.6 Å². The summed E-state index contributed by atoms with van der Waals surface area (Å²) in [6, 6.07) is 21.6. The number of rotatable bonds is 4. The van der Waals surface area contributed by atoms with Crippen LogP contribution in [0, 0.1) is 0 Å². The molecule has 0 radical (unpaired) electrons. The molecule has 3 aromatic heterocycles. The van der Waals surface area contributed by atoms with E-state index in [-0.39, 0.29) is 16.2 Å². The Balaban J connectivity index is 1.50. The minimum Gasteiger partial charge on any atom is -0.361 e. The molecule has 0 aliphatic carbocycles. The number of thiocarbonyl (C=S) groups is 1. The molecule has 7 heteroatoms. The van der Waals surface area contributed by atoms with Crippen molar-refractivity contribution in [2.75, 3.05) is 11.9 Å². The number of nitrogens with one attached hydrogen (secondary N) is 5. The predicted octanol–water partition coefficient (Wildman–Crippen LogP) is 7.86. The van der Waals surface area contributed by atoms with Gasteiger partial charge in [-0.1, -0.05) is 18.2 Å². The van der Waals surface area contributed by atoms with Crippen LogP contribution in [0.4, 0.5) is 5.69 Å². The maximum atomic E-state index is 5.41. The van der Waals surface area contributed by atoms with E-state index in [2.05, 4.69) is 134 Å². The van der Waals surface area contributed by atoms with Crippen LogP contribution in [0.5, 0.6) is 0 Å². The highest BCUT2D eigenvalue weighted by Gasteiger charge is 2.35. The minimum absolute atomic E-state index is 0.224. The maximum Gasteiger partial charge on any atom is 0.171 e. The molecule has 0 unspecified atom stereocenters. The first-order valence-electron chi connectivity index (χ1n) is 14.8. The average molecular weight is 589 g/mol. The maximum absolute atomic E-state index is 5.41. The summed E-state index contributed by atoms with van der Waals surface area (Å²) in [5, 5.41) is 6.93. The summed E-state index contributed by atoms with van der Waals surface area (Å²) in [5.41, 5.74) is 11.0. The van der Waals surface area contributed by atoms with E-state index < -0.39 is 0 Å². The molecule has 43 heavy (non-hydrogen) atoms. The van der Waals surface area contributed by atoms with E-state index in [9.17, 15) is 0 Å². The van der Waals surface area contributed by atoms with Crippen LogP contribution >= 0.6 is 12.2 Å². The van der Waals surface area contributed by atoms with Gasteiger partial charge in [-0.25, -0.2) is 0 Å². The number of hydrogen-bond donors (Lipinski definition) is 5. The third-order valence-corrected chi connectivity index (χ3v) is 9.32. The van der Waals surface area contributed by atoms with Gasteiger partial charge in [-0.15, -0.1) is 6.58 Å². The van der Waals surface area contributed by atoms with Gasteiger partial charge in [0.25, 0.3) is 0 Å². The monoisotopic (exact) mass is 588 g/mol. The Labute approximate surface area is 259 Å². The molecule has 8 bridgehead atoms. The largest absolute Gasteiger partial charge is 0.361 e. The van der Waals surface area contributed by atoms with Gasteiger partial charge in [-0.2, -0.15) is 0 Å². The molecule has 6 nitrogen and oxygen atoms in total. The normalized spacial score (nSPS) is 19.5. The summed E-state index contributed by atoms with van der Waals surface area (Å²) < 4.78 is 0. The Bertz CT molecular complexity index is 1800. The Morgan fingerprint density at radius 1 is 0.744 bits per heavy atom. The van der Waals surface area contributed by atoms with E-state index in [1.807, 2.05) is 12.1 Å². The van der Waals surface area contributed by atoms with Crippen LogP contribution in [0.2, 0.25) is 0 Å². The van der Waals surface area contributed by atoms with E-state index in [0.717, 1.165) is 51.0 Å². The van der Waals surface area contributed by atoms with Crippen molar-refractivity contribution >= 4 is 34.3 Å². The fraction of sp³-hybridized carbons (Fsp3) is 0.278. The molecule has 0 saturated carbocycles. The fourth-order valence-electron chi connectivity index (χ4n) is 5.93. The molecule has 0 saturated heterocycles. The van der Waals surface area contributed by atoms with Crippen LogP contribution in [-0.2, 0) is 16.2 Å². The van der Waals surface area contributed by atoms with E-state index in [1.165, 1.54) is 11.4 Å². The number of aromatic nitrogens is 3. The van der Waals surface area contributed by atoms with Crippen LogP contribution in [0.15, 0.2) is 96.2 Å². The predicted molar refractivity (Wildman–Crippen MR) is 183 cm³/mol. The van der Waals surface area contributed by atoms with Crippen molar-refractivity contribution in [1.82, 2.24) is 20.3 Å². The molecule has 0 fully saturated rings. The van der Waals surface area contributed by atoms with Crippen molar-refractivity contribution in [3.8, 4) is 0 Å². The minimum atomic E-state index is -0.319. The molecular weight excluding hydrogens is 549 g/mol. The molecule has 6 rings (SSSR count). The van der Waals surface area contributed by atoms with Gasteiger partial charge in [0.05, 0.1) is 11.4 Å². The van der Waals surface area contributed by atoms with Crippen molar-refractivity contribution in [2.24, 2.45) is 4.99 Å². The van der Waals surface area contributed by atoms with Gasteiger partial charge in [0, 0.05) is 68.2 Å². The van der Waals surface area contributed by atoms with Crippen LogP contribution in [0.3, 0.4) is 0 Å². The molecule has 2 aliphatic rings. The molecule has 0 amide bonds. The number of hydrogen-bond acceptors (Lipinski definition) is 2. The zero-order chi connectivity index (χ0) is 30.6. The molecule has 4 aromatic rings. The number of nitrogens with zero attached hydrogens (tertiary/aromatic N) is 1. The molecule has 5 heterocycles. The number of H-pyrrole nitrogens is 3. The topological polar surface area (TPSA) is 83.8 Å². The lowest BCUT2D eigenvalue weighted by Crippen LogP contribution is -2.28. The Morgan fingerprint density at radius 2 is 1.28 bits per heavy atom. The van der Waals surface area contributed by atoms with Crippen molar-refractivity contribution < 1.29 is 0 Å². The second-order valence-corrected chi connectivity index (χ2v) is 13.4. The summed E-state index contributed by atoms with van der Waals surface area (Å²) in [6.45, 7) is 17.9. The van der Waals surface area contributed by atoms with E-state index in [0.29, 0.717) is 11.7 Å². The van der Waals surface area contributed by atoms with Crippen molar-refractivity contribution in [2.45, 2.75) is 57.8 Å². The summed E-state index contributed by atoms with van der Waals surface area (Å²) in [4.78, 5) is 16.6. The van der Waals surface area contributed by atoms with Crippen LogP contribution in [0.1, 0.15) is 81.3 Å². The summed E-state index contributed by atoms with van der Waals surface area (Å²) in [6.07, 6.45) is 6.08. The smallest absolute Gasteiger partial charge is 0.171 e. The number of anilines is 1. The third kappa shape index (κ3) is 5.01. The number of benzene rings is 1. The van der Waals surface area contributed by atoms with Crippen LogP contribution in [-0.4, -0.2) is 32.3 Å². The average Bonchev–Trinajstić information content (AvgIpc) is 3.79. The van der Waals surface area contributed by atoms with Crippen molar-refractivity contribution in [3.05, 3.63) is 131 Å². The van der Waals surface area contributed by atoms with Gasteiger partial charge >= 0.3 is 0 Å². The van der Waals surface area contributed by atoms with E-state index in [4.69, 9.17) is 17.2 Å². The van der Waals surface area contributed by atoms with Gasteiger partial charge in [-0.05, 0) is 120 Å². The quantitative estimate of drug-likeness (QED) is 0.124. The molecule has 0 atom stereocenters. The Hall–Kier alpha value is -4.36. The molecule has 1 aromatic carbocycles. The van der Waals surface area contributed by atoms with Crippen LogP contribution < -0.4 is 10.6 Å². The SMILES string of the molecule is C=CCNC(=S)Nc1ccc(/C2=C3\C=CC(=N3)C(C)(C)c3ccc([nH]3)C(C)(C)c3ccc([nH]3)C(C)(C)c3ccc2[nH]3)cc1. The standard InChI is InChI=1S/C36H40N6S/c1-8-21-37-33(43)38-23-11-9-22(10-12-23)32-24-13-15-26(39-24)34(2,3)28-17-19-30(41-28)36(6,7)31-20-18-29(42-31)35(4,5)27-16-14-25(32)40-27/h8-20,39,41-42H,1,21H2,2-7H3,(H2,37,38,43)/b32-25-. The van der Waals surface area contributed by atoms with Gasteiger partial charge in [0.1, 0.15) is 0 Å². The Kier molecular flexibility index (Phi) is 6.97.